The third kappa shape index (κ3) is 4.76. The molecule has 1 atom stereocenters. The van der Waals surface area contributed by atoms with Gasteiger partial charge in [-0.2, -0.15) is 0 Å². The SMILES string of the molecule is COc1ccsc1C(=O)N1CCCC(Nc2ccc(N)nc2)CC1.Cl. The summed E-state index contributed by atoms with van der Waals surface area (Å²) in [5, 5.41) is 5.38. The van der Waals surface area contributed by atoms with Gasteiger partial charge in [-0.25, -0.2) is 4.98 Å². The van der Waals surface area contributed by atoms with Gasteiger partial charge in [0.15, 0.2) is 0 Å². The normalized spacial score (nSPS) is 17.3. The summed E-state index contributed by atoms with van der Waals surface area (Å²) in [4.78, 5) is 19.4. The maximum atomic E-state index is 12.7. The summed E-state index contributed by atoms with van der Waals surface area (Å²) < 4.78 is 5.27. The summed E-state index contributed by atoms with van der Waals surface area (Å²) in [6.07, 6.45) is 4.65. The fourth-order valence-electron chi connectivity index (χ4n) is 2.93. The van der Waals surface area contributed by atoms with Crippen molar-refractivity contribution in [3.8, 4) is 5.75 Å². The number of methoxy groups -OCH3 is 1. The van der Waals surface area contributed by atoms with Gasteiger partial charge < -0.3 is 20.7 Å². The molecule has 3 N–H and O–H groups in total. The van der Waals surface area contributed by atoms with E-state index in [1.807, 2.05) is 22.4 Å². The Morgan fingerprint density at radius 3 is 2.92 bits per heavy atom. The molecule has 25 heavy (non-hydrogen) atoms. The van der Waals surface area contributed by atoms with Crippen molar-refractivity contribution in [1.29, 1.82) is 0 Å². The van der Waals surface area contributed by atoms with E-state index in [1.54, 1.807) is 19.4 Å². The number of anilines is 2. The molecule has 0 spiro atoms. The minimum atomic E-state index is 0. The molecule has 0 aliphatic carbocycles. The van der Waals surface area contributed by atoms with Crippen LogP contribution in [-0.2, 0) is 0 Å². The van der Waals surface area contributed by atoms with E-state index in [2.05, 4.69) is 10.3 Å². The number of rotatable bonds is 4. The molecule has 0 saturated carbocycles. The highest BCUT2D eigenvalue weighted by atomic mass is 35.5. The molecule has 2 aromatic rings. The Labute approximate surface area is 157 Å². The molecule has 1 fully saturated rings. The van der Waals surface area contributed by atoms with Crippen molar-refractivity contribution in [1.82, 2.24) is 9.88 Å². The van der Waals surface area contributed by atoms with Crippen LogP contribution in [0.4, 0.5) is 11.5 Å². The average Bonchev–Trinajstić information content (AvgIpc) is 2.95. The van der Waals surface area contributed by atoms with Crippen LogP contribution in [0.1, 0.15) is 28.9 Å². The molecular weight excluding hydrogens is 360 g/mol. The standard InChI is InChI=1S/C17H22N4O2S.ClH/c1-23-14-7-10-24-16(14)17(22)21-8-2-3-12(6-9-21)20-13-4-5-15(18)19-11-13;/h4-5,7,10-12,20H,2-3,6,8-9H2,1H3,(H2,18,19);1H. The molecule has 1 aliphatic heterocycles. The van der Waals surface area contributed by atoms with Crippen LogP contribution in [0.3, 0.4) is 0 Å². The molecule has 8 heteroatoms. The van der Waals surface area contributed by atoms with Gasteiger partial charge in [0.2, 0.25) is 0 Å². The third-order valence-electron chi connectivity index (χ3n) is 4.22. The first-order valence-corrected chi connectivity index (χ1v) is 8.94. The van der Waals surface area contributed by atoms with Crippen LogP contribution in [0, 0.1) is 0 Å². The van der Waals surface area contributed by atoms with Gasteiger partial charge in [-0.05, 0) is 42.8 Å². The van der Waals surface area contributed by atoms with Crippen molar-refractivity contribution in [2.24, 2.45) is 0 Å². The van der Waals surface area contributed by atoms with Gasteiger partial charge in [-0.15, -0.1) is 23.7 Å². The number of nitrogens with two attached hydrogens (primary N) is 1. The molecule has 1 unspecified atom stereocenters. The molecule has 0 bridgehead atoms. The molecule has 0 aromatic carbocycles. The number of nitrogens with zero attached hydrogens (tertiary/aromatic N) is 2. The minimum absolute atomic E-state index is 0. The second-order valence-corrected chi connectivity index (χ2v) is 6.77. The number of hydrogen-bond acceptors (Lipinski definition) is 6. The molecule has 2 aromatic heterocycles. The fourth-order valence-corrected chi connectivity index (χ4v) is 3.75. The zero-order valence-corrected chi connectivity index (χ0v) is 15.7. The van der Waals surface area contributed by atoms with E-state index in [4.69, 9.17) is 10.5 Å². The van der Waals surface area contributed by atoms with Crippen molar-refractivity contribution in [2.45, 2.75) is 25.3 Å². The lowest BCUT2D eigenvalue weighted by Crippen LogP contribution is -2.32. The van der Waals surface area contributed by atoms with Crippen molar-refractivity contribution in [2.75, 3.05) is 31.2 Å². The van der Waals surface area contributed by atoms with E-state index in [-0.39, 0.29) is 18.3 Å². The van der Waals surface area contributed by atoms with E-state index in [0.29, 0.717) is 22.5 Å². The predicted octanol–water partition coefficient (Wildman–Crippen LogP) is 3.26. The summed E-state index contributed by atoms with van der Waals surface area (Å²) >= 11 is 1.44. The Balaban J connectivity index is 0.00000225. The Bertz CT molecular complexity index is 692. The number of hydrogen-bond donors (Lipinski definition) is 2. The second kappa shape index (κ2) is 8.92. The van der Waals surface area contributed by atoms with Gasteiger partial charge in [-0.3, -0.25) is 4.79 Å². The molecule has 3 heterocycles. The average molecular weight is 383 g/mol. The van der Waals surface area contributed by atoms with E-state index in [9.17, 15) is 4.79 Å². The smallest absolute Gasteiger partial charge is 0.267 e. The predicted molar refractivity (Wildman–Crippen MR) is 104 cm³/mol. The summed E-state index contributed by atoms with van der Waals surface area (Å²) in [5.74, 6) is 1.25. The molecule has 1 saturated heterocycles. The summed E-state index contributed by atoms with van der Waals surface area (Å²) in [5.41, 5.74) is 6.58. The van der Waals surface area contributed by atoms with Crippen molar-refractivity contribution in [3.63, 3.8) is 0 Å². The van der Waals surface area contributed by atoms with E-state index in [1.165, 1.54) is 11.3 Å². The number of aromatic nitrogens is 1. The van der Waals surface area contributed by atoms with E-state index in [0.717, 1.165) is 38.0 Å². The van der Waals surface area contributed by atoms with Crippen LogP contribution in [0.2, 0.25) is 0 Å². The first-order chi connectivity index (χ1) is 11.7. The Hall–Kier alpha value is -1.99. The highest BCUT2D eigenvalue weighted by molar-refractivity contribution is 7.12. The molecule has 1 aliphatic rings. The first kappa shape index (κ1) is 19.3. The number of halogens is 1. The Kier molecular flexibility index (Phi) is 6.90. The molecule has 6 nitrogen and oxygen atoms in total. The van der Waals surface area contributed by atoms with Crippen LogP contribution in [0.5, 0.6) is 5.75 Å². The Morgan fingerprint density at radius 1 is 1.36 bits per heavy atom. The number of likely N-dealkylation sites (tertiary alicyclic amines) is 1. The zero-order valence-electron chi connectivity index (χ0n) is 14.1. The van der Waals surface area contributed by atoms with Gasteiger partial charge in [0, 0.05) is 19.1 Å². The van der Waals surface area contributed by atoms with Gasteiger partial charge in [-0.1, -0.05) is 0 Å². The number of pyridine rings is 1. The number of nitrogen functional groups attached to an aromatic ring is 1. The van der Waals surface area contributed by atoms with Gasteiger partial charge in [0.1, 0.15) is 16.4 Å². The van der Waals surface area contributed by atoms with Crippen LogP contribution >= 0.6 is 23.7 Å². The van der Waals surface area contributed by atoms with Gasteiger partial charge in [0.25, 0.3) is 5.91 Å². The summed E-state index contributed by atoms with van der Waals surface area (Å²) in [6, 6.07) is 5.90. The molecule has 3 rings (SSSR count). The third-order valence-corrected chi connectivity index (χ3v) is 5.10. The highest BCUT2D eigenvalue weighted by Gasteiger charge is 2.24. The maximum absolute atomic E-state index is 12.7. The van der Waals surface area contributed by atoms with Crippen molar-refractivity contribution in [3.05, 3.63) is 34.7 Å². The lowest BCUT2D eigenvalue weighted by Gasteiger charge is -2.21. The van der Waals surface area contributed by atoms with Crippen LogP contribution in [0.15, 0.2) is 29.8 Å². The largest absolute Gasteiger partial charge is 0.495 e. The quantitative estimate of drug-likeness (QED) is 0.848. The molecule has 0 radical (unpaired) electrons. The molecule has 136 valence electrons. The highest BCUT2D eigenvalue weighted by Crippen LogP contribution is 2.27. The number of thiophene rings is 1. The van der Waals surface area contributed by atoms with Crippen LogP contribution < -0.4 is 15.8 Å². The first-order valence-electron chi connectivity index (χ1n) is 8.06. The molecule has 1 amide bonds. The number of carbonyl (C=O) groups is 1. The van der Waals surface area contributed by atoms with Gasteiger partial charge in [0.05, 0.1) is 19.0 Å². The second-order valence-electron chi connectivity index (χ2n) is 5.85. The van der Waals surface area contributed by atoms with E-state index < -0.39 is 0 Å². The number of ether oxygens (including phenoxy) is 1. The lowest BCUT2D eigenvalue weighted by atomic mass is 10.1. The van der Waals surface area contributed by atoms with Crippen molar-refractivity contribution >= 4 is 41.2 Å². The lowest BCUT2D eigenvalue weighted by molar-refractivity contribution is 0.0763. The van der Waals surface area contributed by atoms with Crippen LogP contribution in [-0.4, -0.2) is 42.0 Å². The van der Waals surface area contributed by atoms with Gasteiger partial charge >= 0.3 is 0 Å². The number of nitrogens with one attached hydrogen (secondary N) is 1. The number of amides is 1. The van der Waals surface area contributed by atoms with E-state index >= 15 is 0 Å². The topological polar surface area (TPSA) is 80.5 Å². The molecular formula is C17H23ClN4O2S. The number of carbonyl (C=O) groups excluding carboxylic acids is 1. The summed E-state index contributed by atoms with van der Waals surface area (Å²) in [6.45, 7) is 1.51. The van der Waals surface area contributed by atoms with Crippen molar-refractivity contribution < 1.29 is 9.53 Å². The van der Waals surface area contributed by atoms with Crippen LogP contribution in [0.25, 0.3) is 0 Å². The zero-order chi connectivity index (χ0) is 16.9. The minimum Gasteiger partial charge on any atom is -0.495 e. The summed E-state index contributed by atoms with van der Waals surface area (Å²) in [7, 11) is 1.60. The maximum Gasteiger partial charge on any atom is 0.267 e. The monoisotopic (exact) mass is 382 g/mol. The Morgan fingerprint density at radius 2 is 2.20 bits per heavy atom. The fraction of sp³-hybridized carbons (Fsp3) is 0.412.